The number of nitriles is 1. The average Bonchev–Trinajstić information content (AvgIpc) is 2.82. The number of amides is 1. The molecule has 102 valence electrons. The molecule has 0 aliphatic heterocycles. The molecule has 0 bridgehead atoms. The Kier molecular flexibility index (Phi) is 5.06. The number of carbonyl (C=O) groups excluding carboxylic acids is 1. The SMILES string of the molecule is CC(C)CN(CCC#N)C(=O)c1cc(C(=O)O)on1. The normalized spacial score (nSPS) is 10.2. The third-order valence-corrected chi connectivity index (χ3v) is 2.31. The van der Waals surface area contributed by atoms with E-state index in [2.05, 4.69) is 9.68 Å². The number of hydrogen-bond acceptors (Lipinski definition) is 5. The van der Waals surface area contributed by atoms with Crippen molar-refractivity contribution in [3.8, 4) is 6.07 Å². The monoisotopic (exact) mass is 265 g/mol. The summed E-state index contributed by atoms with van der Waals surface area (Å²) < 4.78 is 4.54. The number of hydrogen-bond donors (Lipinski definition) is 1. The Bertz CT molecular complexity index is 501. The minimum Gasteiger partial charge on any atom is -0.475 e. The van der Waals surface area contributed by atoms with Gasteiger partial charge in [0, 0.05) is 19.2 Å². The Morgan fingerprint density at radius 2 is 2.26 bits per heavy atom. The third kappa shape index (κ3) is 4.10. The summed E-state index contributed by atoms with van der Waals surface area (Å²) in [6.45, 7) is 4.63. The van der Waals surface area contributed by atoms with E-state index < -0.39 is 11.9 Å². The first-order chi connectivity index (χ1) is 8.95. The van der Waals surface area contributed by atoms with Crippen LogP contribution in [0.5, 0.6) is 0 Å². The van der Waals surface area contributed by atoms with Crippen molar-refractivity contribution in [1.82, 2.24) is 10.1 Å². The van der Waals surface area contributed by atoms with Crippen LogP contribution in [0.15, 0.2) is 10.6 Å². The zero-order valence-corrected chi connectivity index (χ0v) is 10.8. The van der Waals surface area contributed by atoms with Gasteiger partial charge >= 0.3 is 5.97 Å². The lowest BCUT2D eigenvalue weighted by molar-refractivity contribution is 0.0648. The van der Waals surface area contributed by atoms with Gasteiger partial charge in [0.15, 0.2) is 5.69 Å². The van der Waals surface area contributed by atoms with Crippen LogP contribution in [0.4, 0.5) is 0 Å². The second-order valence-electron chi connectivity index (χ2n) is 4.43. The molecule has 1 aromatic heterocycles. The van der Waals surface area contributed by atoms with Crippen molar-refractivity contribution < 1.29 is 19.2 Å². The Morgan fingerprint density at radius 3 is 2.74 bits per heavy atom. The van der Waals surface area contributed by atoms with Crippen molar-refractivity contribution in [3.05, 3.63) is 17.5 Å². The molecule has 7 nitrogen and oxygen atoms in total. The first-order valence-corrected chi connectivity index (χ1v) is 5.82. The fourth-order valence-corrected chi connectivity index (χ4v) is 1.54. The zero-order valence-electron chi connectivity index (χ0n) is 10.8. The van der Waals surface area contributed by atoms with Crippen LogP contribution < -0.4 is 0 Å². The van der Waals surface area contributed by atoms with Gasteiger partial charge in [-0.1, -0.05) is 19.0 Å². The highest BCUT2D eigenvalue weighted by molar-refractivity contribution is 5.94. The average molecular weight is 265 g/mol. The van der Waals surface area contributed by atoms with E-state index in [-0.39, 0.29) is 30.3 Å². The number of nitrogens with zero attached hydrogens (tertiary/aromatic N) is 3. The van der Waals surface area contributed by atoms with Crippen molar-refractivity contribution in [3.63, 3.8) is 0 Å². The first kappa shape index (κ1) is 14.7. The van der Waals surface area contributed by atoms with Crippen molar-refractivity contribution in [2.24, 2.45) is 5.92 Å². The molecule has 1 rings (SSSR count). The molecule has 1 N–H and O–H groups in total. The molecule has 0 unspecified atom stereocenters. The predicted molar refractivity (Wildman–Crippen MR) is 64.4 cm³/mol. The molecule has 0 saturated heterocycles. The van der Waals surface area contributed by atoms with Crippen LogP contribution >= 0.6 is 0 Å². The third-order valence-electron chi connectivity index (χ3n) is 2.31. The fraction of sp³-hybridized carbons (Fsp3) is 0.500. The van der Waals surface area contributed by atoms with E-state index >= 15 is 0 Å². The topological polar surface area (TPSA) is 107 Å². The molecule has 1 aromatic rings. The molecule has 0 aliphatic carbocycles. The minimum atomic E-state index is -1.28. The highest BCUT2D eigenvalue weighted by Gasteiger charge is 2.22. The van der Waals surface area contributed by atoms with Gasteiger partial charge in [0.2, 0.25) is 5.76 Å². The van der Waals surface area contributed by atoms with Crippen LogP contribution in [0.2, 0.25) is 0 Å². The van der Waals surface area contributed by atoms with Crippen LogP contribution in [0.1, 0.15) is 41.3 Å². The molecule has 0 aliphatic rings. The predicted octanol–water partition coefficient (Wildman–Crippen LogP) is 1.38. The van der Waals surface area contributed by atoms with Crippen molar-refractivity contribution >= 4 is 11.9 Å². The minimum absolute atomic E-state index is 0.0593. The van der Waals surface area contributed by atoms with Crippen LogP contribution in [-0.4, -0.2) is 40.1 Å². The van der Waals surface area contributed by atoms with Crippen LogP contribution in [0.3, 0.4) is 0 Å². The molecular weight excluding hydrogens is 250 g/mol. The van der Waals surface area contributed by atoms with Crippen LogP contribution in [-0.2, 0) is 0 Å². The summed E-state index contributed by atoms with van der Waals surface area (Å²) in [6, 6.07) is 3.06. The summed E-state index contributed by atoms with van der Waals surface area (Å²) in [5, 5.41) is 20.7. The number of carboxylic acid groups (broad SMARTS) is 1. The molecule has 1 amide bonds. The smallest absolute Gasteiger partial charge is 0.374 e. The lowest BCUT2D eigenvalue weighted by atomic mass is 10.2. The fourth-order valence-electron chi connectivity index (χ4n) is 1.54. The second-order valence-corrected chi connectivity index (χ2v) is 4.43. The molecule has 19 heavy (non-hydrogen) atoms. The summed E-state index contributed by atoms with van der Waals surface area (Å²) in [5.41, 5.74) is -0.0593. The van der Waals surface area contributed by atoms with E-state index in [1.165, 1.54) is 4.90 Å². The van der Waals surface area contributed by atoms with Gasteiger partial charge in [-0.3, -0.25) is 4.79 Å². The number of rotatable bonds is 6. The highest BCUT2D eigenvalue weighted by atomic mass is 16.5. The Labute approximate surface area is 110 Å². The summed E-state index contributed by atoms with van der Waals surface area (Å²) in [5.74, 6) is -1.86. The Hall–Kier alpha value is -2.36. The van der Waals surface area contributed by atoms with Gasteiger partial charge < -0.3 is 14.5 Å². The molecule has 0 aromatic carbocycles. The number of carbonyl (C=O) groups is 2. The first-order valence-electron chi connectivity index (χ1n) is 5.82. The van der Waals surface area contributed by atoms with Crippen LogP contribution in [0.25, 0.3) is 0 Å². The molecule has 0 fully saturated rings. The maximum Gasteiger partial charge on any atom is 0.374 e. The largest absolute Gasteiger partial charge is 0.475 e. The van der Waals surface area contributed by atoms with E-state index in [1.54, 1.807) is 0 Å². The highest BCUT2D eigenvalue weighted by Crippen LogP contribution is 2.09. The molecule has 7 heteroatoms. The van der Waals surface area contributed by atoms with E-state index in [9.17, 15) is 9.59 Å². The summed E-state index contributed by atoms with van der Waals surface area (Å²) in [7, 11) is 0. The molecule has 0 atom stereocenters. The second kappa shape index (κ2) is 6.54. The van der Waals surface area contributed by atoms with Gasteiger partial charge in [-0.2, -0.15) is 5.26 Å². The van der Waals surface area contributed by atoms with Gasteiger partial charge in [0.05, 0.1) is 12.5 Å². The molecular formula is C12H15N3O4. The summed E-state index contributed by atoms with van der Waals surface area (Å²) in [6.07, 6.45) is 0.210. The van der Waals surface area contributed by atoms with Crippen molar-refractivity contribution in [1.29, 1.82) is 5.26 Å². The van der Waals surface area contributed by atoms with Crippen molar-refractivity contribution in [2.75, 3.05) is 13.1 Å². The number of aromatic carboxylic acids is 1. The van der Waals surface area contributed by atoms with Gasteiger partial charge in [-0.25, -0.2) is 4.79 Å². The van der Waals surface area contributed by atoms with E-state index in [4.69, 9.17) is 10.4 Å². The standard InChI is InChI=1S/C12H15N3O4/c1-8(2)7-15(5-3-4-13)11(16)9-6-10(12(17)18)19-14-9/h6,8H,3,5,7H2,1-2H3,(H,17,18). The van der Waals surface area contributed by atoms with E-state index in [1.807, 2.05) is 19.9 Å². The van der Waals surface area contributed by atoms with Gasteiger partial charge in [0.1, 0.15) is 0 Å². The van der Waals surface area contributed by atoms with Crippen molar-refractivity contribution in [2.45, 2.75) is 20.3 Å². The van der Waals surface area contributed by atoms with Gasteiger partial charge in [-0.15, -0.1) is 0 Å². The summed E-state index contributed by atoms with van der Waals surface area (Å²) >= 11 is 0. The Balaban J connectivity index is 2.85. The lowest BCUT2D eigenvalue weighted by Crippen LogP contribution is -2.35. The maximum atomic E-state index is 12.1. The van der Waals surface area contributed by atoms with E-state index in [0.717, 1.165) is 6.07 Å². The quantitative estimate of drug-likeness (QED) is 0.832. The molecule has 0 radical (unpaired) electrons. The maximum absolute atomic E-state index is 12.1. The van der Waals surface area contributed by atoms with Crippen LogP contribution in [0, 0.1) is 17.2 Å². The number of aromatic nitrogens is 1. The van der Waals surface area contributed by atoms with Gasteiger partial charge in [-0.05, 0) is 5.92 Å². The lowest BCUT2D eigenvalue weighted by Gasteiger charge is -2.22. The Morgan fingerprint density at radius 1 is 1.58 bits per heavy atom. The zero-order chi connectivity index (χ0) is 14.4. The van der Waals surface area contributed by atoms with E-state index in [0.29, 0.717) is 6.54 Å². The molecule has 0 saturated carbocycles. The number of carboxylic acids is 1. The van der Waals surface area contributed by atoms with Gasteiger partial charge in [0.25, 0.3) is 5.91 Å². The molecule has 1 heterocycles. The summed E-state index contributed by atoms with van der Waals surface area (Å²) in [4.78, 5) is 24.2. The molecule has 0 spiro atoms.